The number of rotatable bonds is 3. The third kappa shape index (κ3) is 3.63. The molecular formula is C19H24ClN5O. The predicted molar refractivity (Wildman–Crippen MR) is 104 cm³/mol. The van der Waals surface area contributed by atoms with Crippen LogP contribution in [-0.2, 0) is 0 Å². The summed E-state index contributed by atoms with van der Waals surface area (Å²) in [5.41, 5.74) is 0. The van der Waals surface area contributed by atoms with E-state index >= 15 is 0 Å². The first-order chi connectivity index (χ1) is 12.7. The summed E-state index contributed by atoms with van der Waals surface area (Å²) in [4.78, 5) is 15.6. The second-order valence-electron chi connectivity index (χ2n) is 6.89. The lowest BCUT2D eigenvalue weighted by Crippen LogP contribution is -2.59. The molecule has 2 atom stereocenters. The van der Waals surface area contributed by atoms with Gasteiger partial charge >= 0.3 is 0 Å². The van der Waals surface area contributed by atoms with Crippen molar-refractivity contribution < 1.29 is 5.11 Å². The van der Waals surface area contributed by atoms with Gasteiger partial charge in [0.05, 0.1) is 11.1 Å². The fourth-order valence-corrected chi connectivity index (χ4v) is 4.21. The molecule has 4 rings (SSSR count). The van der Waals surface area contributed by atoms with E-state index in [-0.39, 0.29) is 6.04 Å². The van der Waals surface area contributed by atoms with Crippen LogP contribution in [0.15, 0.2) is 42.7 Å². The van der Waals surface area contributed by atoms with Gasteiger partial charge < -0.3 is 14.9 Å². The Balaban J connectivity index is 1.35. The number of hydrogen-bond donors (Lipinski definition) is 1. The zero-order chi connectivity index (χ0) is 17.9. The molecule has 7 heteroatoms. The van der Waals surface area contributed by atoms with Gasteiger partial charge in [0.15, 0.2) is 0 Å². The second kappa shape index (κ2) is 7.78. The number of aliphatic hydroxyl groups excluding tert-OH is 1. The Bertz CT molecular complexity index is 723. The van der Waals surface area contributed by atoms with Gasteiger partial charge in [0.25, 0.3) is 0 Å². The molecular weight excluding hydrogens is 350 g/mol. The SMILES string of the molecule is O[C@@H]1CN(c2ncccc2Cl)CC[C@H]1N1CCN(c2ccccn2)CC1. The Labute approximate surface area is 159 Å². The number of aliphatic hydroxyl groups is 1. The molecule has 26 heavy (non-hydrogen) atoms. The van der Waals surface area contributed by atoms with Gasteiger partial charge in [0, 0.05) is 57.7 Å². The lowest BCUT2D eigenvalue weighted by Gasteiger charge is -2.45. The van der Waals surface area contributed by atoms with Crippen molar-refractivity contribution in [2.75, 3.05) is 49.1 Å². The lowest BCUT2D eigenvalue weighted by molar-refractivity contribution is 0.0336. The van der Waals surface area contributed by atoms with Crippen LogP contribution in [0.25, 0.3) is 0 Å². The van der Waals surface area contributed by atoms with Crippen molar-refractivity contribution in [3.8, 4) is 0 Å². The first-order valence-corrected chi connectivity index (χ1v) is 9.54. The van der Waals surface area contributed by atoms with E-state index in [1.807, 2.05) is 30.5 Å². The molecule has 0 aromatic carbocycles. The summed E-state index contributed by atoms with van der Waals surface area (Å²) >= 11 is 6.26. The molecule has 2 fully saturated rings. The molecule has 0 amide bonds. The highest BCUT2D eigenvalue weighted by Crippen LogP contribution is 2.27. The Kier molecular flexibility index (Phi) is 5.24. The van der Waals surface area contributed by atoms with E-state index in [0.29, 0.717) is 11.6 Å². The molecule has 2 aliphatic heterocycles. The summed E-state index contributed by atoms with van der Waals surface area (Å²) in [6.45, 7) is 5.21. The minimum Gasteiger partial charge on any atom is -0.390 e. The summed E-state index contributed by atoms with van der Waals surface area (Å²) in [6, 6.07) is 9.89. The van der Waals surface area contributed by atoms with Crippen LogP contribution in [0, 0.1) is 0 Å². The quantitative estimate of drug-likeness (QED) is 0.886. The van der Waals surface area contributed by atoms with Crippen molar-refractivity contribution in [3.05, 3.63) is 47.7 Å². The first kappa shape index (κ1) is 17.5. The van der Waals surface area contributed by atoms with Gasteiger partial charge in [-0.05, 0) is 30.7 Å². The van der Waals surface area contributed by atoms with Gasteiger partial charge in [0.2, 0.25) is 0 Å². The summed E-state index contributed by atoms with van der Waals surface area (Å²) in [7, 11) is 0. The van der Waals surface area contributed by atoms with Crippen LogP contribution in [0.2, 0.25) is 5.02 Å². The van der Waals surface area contributed by atoms with E-state index in [1.165, 1.54) is 0 Å². The minimum atomic E-state index is -0.400. The van der Waals surface area contributed by atoms with Gasteiger partial charge in [0.1, 0.15) is 11.6 Å². The van der Waals surface area contributed by atoms with Crippen LogP contribution in [0.3, 0.4) is 0 Å². The number of hydrogen-bond acceptors (Lipinski definition) is 6. The van der Waals surface area contributed by atoms with E-state index in [4.69, 9.17) is 11.6 Å². The monoisotopic (exact) mass is 373 g/mol. The number of piperidine rings is 1. The zero-order valence-corrected chi connectivity index (χ0v) is 15.5. The molecule has 138 valence electrons. The molecule has 2 aromatic rings. The largest absolute Gasteiger partial charge is 0.390 e. The fourth-order valence-electron chi connectivity index (χ4n) is 3.97. The van der Waals surface area contributed by atoms with Crippen LogP contribution < -0.4 is 9.80 Å². The van der Waals surface area contributed by atoms with E-state index in [1.54, 1.807) is 6.20 Å². The van der Waals surface area contributed by atoms with E-state index in [0.717, 1.165) is 50.8 Å². The summed E-state index contributed by atoms with van der Waals surface area (Å²) in [5, 5.41) is 11.4. The molecule has 2 aromatic heterocycles. The summed E-state index contributed by atoms with van der Waals surface area (Å²) in [5.74, 6) is 1.80. The molecule has 0 radical (unpaired) electrons. The molecule has 2 aliphatic rings. The van der Waals surface area contributed by atoms with Crippen molar-refractivity contribution in [2.24, 2.45) is 0 Å². The van der Waals surface area contributed by atoms with Crippen LogP contribution in [0.4, 0.5) is 11.6 Å². The number of β-amino-alcohol motifs (C(OH)–C–C–N with tert-alkyl or cyclic N) is 1. The number of piperazine rings is 1. The van der Waals surface area contributed by atoms with E-state index in [9.17, 15) is 5.11 Å². The third-order valence-electron chi connectivity index (χ3n) is 5.34. The van der Waals surface area contributed by atoms with E-state index in [2.05, 4.69) is 30.7 Å². The minimum absolute atomic E-state index is 0.194. The zero-order valence-electron chi connectivity index (χ0n) is 14.7. The Morgan fingerprint density at radius 3 is 2.42 bits per heavy atom. The van der Waals surface area contributed by atoms with Gasteiger partial charge in [-0.1, -0.05) is 17.7 Å². The van der Waals surface area contributed by atoms with Crippen LogP contribution >= 0.6 is 11.6 Å². The average molecular weight is 374 g/mol. The molecule has 0 unspecified atom stereocenters. The van der Waals surface area contributed by atoms with Crippen molar-refractivity contribution in [3.63, 3.8) is 0 Å². The standard InChI is InChI=1S/C19H24ClN5O/c20-15-4-3-8-22-19(15)25-9-6-16(17(26)14-25)23-10-12-24(13-11-23)18-5-1-2-7-21-18/h1-5,7-8,16-17,26H,6,9-14H2/t16-,17-/m1/s1. The molecule has 2 saturated heterocycles. The molecule has 4 heterocycles. The number of nitrogens with zero attached hydrogens (tertiary/aromatic N) is 5. The number of halogens is 1. The van der Waals surface area contributed by atoms with Crippen molar-refractivity contribution in [1.82, 2.24) is 14.9 Å². The Morgan fingerprint density at radius 1 is 0.923 bits per heavy atom. The maximum Gasteiger partial charge on any atom is 0.147 e. The normalized spacial score (nSPS) is 24.7. The van der Waals surface area contributed by atoms with Gasteiger partial charge in [-0.25, -0.2) is 9.97 Å². The van der Waals surface area contributed by atoms with Gasteiger partial charge in [-0.2, -0.15) is 0 Å². The Morgan fingerprint density at radius 2 is 1.73 bits per heavy atom. The number of aromatic nitrogens is 2. The predicted octanol–water partition coefficient (Wildman–Crippen LogP) is 1.89. The third-order valence-corrected chi connectivity index (χ3v) is 5.64. The molecule has 0 aliphatic carbocycles. The average Bonchev–Trinajstić information content (AvgIpc) is 2.69. The number of anilines is 2. The van der Waals surface area contributed by atoms with Crippen LogP contribution in [0.1, 0.15) is 6.42 Å². The van der Waals surface area contributed by atoms with Crippen LogP contribution in [-0.4, -0.2) is 71.4 Å². The lowest BCUT2D eigenvalue weighted by atomic mass is 9.99. The highest BCUT2D eigenvalue weighted by atomic mass is 35.5. The Hall–Kier alpha value is -1.89. The number of pyridine rings is 2. The van der Waals surface area contributed by atoms with Gasteiger partial charge in [-0.15, -0.1) is 0 Å². The first-order valence-electron chi connectivity index (χ1n) is 9.16. The second-order valence-corrected chi connectivity index (χ2v) is 7.30. The maximum absolute atomic E-state index is 10.7. The summed E-state index contributed by atoms with van der Waals surface area (Å²) < 4.78 is 0. The van der Waals surface area contributed by atoms with Gasteiger partial charge in [-0.3, -0.25) is 4.90 Å². The summed E-state index contributed by atoms with van der Waals surface area (Å²) in [6.07, 6.45) is 4.10. The molecule has 6 nitrogen and oxygen atoms in total. The van der Waals surface area contributed by atoms with Crippen LogP contribution in [0.5, 0.6) is 0 Å². The fraction of sp³-hybridized carbons (Fsp3) is 0.474. The topological polar surface area (TPSA) is 55.7 Å². The van der Waals surface area contributed by atoms with E-state index < -0.39 is 6.10 Å². The smallest absolute Gasteiger partial charge is 0.147 e. The highest BCUT2D eigenvalue weighted by Gasteiger charge is 2.34. The molecule has 0 bridgehead atoms. The maximum atomic E-state index is 10.7. The molecule has 1 N–H and O–H groups in total. The van der Waals surface area contributed by atoms with Crippen molar-refractivity contribution >= 4 is 23.2 Å². The molecule has 0 saturated carbocycles. The molecule has 0 spiro atoms. The van der Waals surface area contributed by atoms with Crippen molar-refractivity contribution in [2.45, 2.75) is 18.6 Å². The highest BCUT2D eigenvalue weighted by molar-refractivity contribution is 6.32. The van der Waals surface area contributed by atoms with Crippen molar-refractivity contribution in [1.29, 1.82) is 0 Å².